The molecular formula is C5H7N3O2S. The van der Waals surface area contributed by atoms with Crippen molar-refractivity contribution in [3.8, 4) is 0 Å². The van der Waals surface area contributed by atoms with Crippen LogP contribution in [0.3, 0.4) is 0 Å². The summed E-state index contributed by atoms with van der Waals surface area (Å²) in [4.78, 5) is 3.57. The molecule has 6 heteroatoms. The van der Waals surface area contributed by atoms with Crippen molar-refractivity contribution in [2.24, 2.45) is 12.0 Å². The van der Waals surface area contributed by atoms with Crippen LogP contribution in [0.4, 0.5) is 5.00 Å². The van der Waals surface area contributed by atoms with Crippen molar-refractivity contribution in [2.45, 2.75) is 0 Å². The Bertz CT molecular complexity index is 270. The summed E-state index contributed by atoms with van der Waals surface area (Å²) in [6, 6.07) is 0. The molecule has 0 saturated carbocycles. The molecule has 0 fully saturated rings. The topological polar surface area (TPSA) is 61.4 Å². The Hall–Kier alpha value is -1.17. The van der Waals surface area contributed by atoms with Crippen LogP contribution in [-0.2, 0) is 11.8 Å². The molecule has 0 N–H and O–H groups in total. The van der Waals surface area contributed by atoms with Crippen molar-refractivity contribution in [3.63, 3.8) is 0 Å². The van der Waals surface area contributed by atoms with Crippen molar-refractivity contribution in [3.05, 3.63) is 6.20 Å². The summed E-state index contributed by atoms with van der Waals surface area (Å²) >= 11 is 1.14. The number of nitrogens with zero attached hydrogens (tertiary/aromatic N) is 3. The molecule has 0 amide bonds. The van der Waals surface area contributed by atoms with Gasteiger partial charge in [-0.05, 0) is 7.11 Å². The average Bonchev–Trinajstić information content (AvgIpc) is 2.35. The van der Waals surface area contributed by atoms with E-state index in [1.54, 1.807) is 17.9 Å². The molecule has 5 nitrogen and oxygen atoms in total. The summed E-state index contributed by atoms with van der Waals surface area (Å²) in [5, 5.41) is 11.1. The van der Waals surface area contributed by atoms with Crippen molar-refractivity contribution in [1.29, 1.82) is 0 Å². The zero-order chi connectivity index (χ0) is 8.27. The molecular weight excluding hydrogens is 166 g/mol. The van der Waals surface area contributed by atoms with Gasteiger partial charge in [0.25, 0.3) is 0 Å². The van der Waals surface area contributed by atoms with Crippen molar-refractivity contribution >= 4 is 22.6 Å². The number of ether oxygens (including phenoxy) is 1. The molecule has 0 saturated heterocycles. The molecule has 11 heavy (non-hydrogen) atoms. The molecule has 1 heterocycles. The first-order chi connectivity index (χ1) is 5.22. The zero-order valence-corrected chi connectivity index (χ0v) is 6.96. The zero-order valence-electron chi connectivity index (χ0n) is 6.14. The lowest BCUT2D eigenvalue weighted by Crippen LogP contribution is -2.27. The SMILES string of the molecule is COC([O-])=Nc1c[n+](C)ns1. The maximum atomic E-state index is 10.6. The molecule has 0 aromatic carbocycles. The highest BCUT2D eigenvalue weighted by atomic mass is 32.1. The lowest BCUT2D eigenvalue weighted by Gasteiger charge is -2.03. The van der Waals surface area contributed by atoms with Gasteiger partial charge in [-0.25, -0.2) is 4.99 Å². The molecule has 0 aliphatic rings. The smallest absolute Gasteiger partial charge is 0.234 e. The Kier molecular flexibility index (Phi) is 2.37. The minimum atomic E-state index is -0.603. The van der Waals surface area contributed by atoms with Gasteiger partial charge in [-0.3, -0.25) is 0 Å². The van der Waals surface area contributed by atoms with Gasteiger partial charge >= 0.3 is 0 Å². The van der Waals surface area contributed by atoms with Crippen LogP contribution in [0.15, 0.2) is 11.2 Å². The van der Waals surface area contributed by atoms with Crippen molar-refractivity contribution in [1.82, 2.24) is 4.49 Å². The van der Waals surface area contributed by atoms with E-state index in [0.717, 1.165) is 11.5 Å². The summed E-state index contributed by atoms with van der Waals surface area (Å²) in [7, 11) is 3.04. The number of hydrogen-bond acceptors (Lipinski definition) is 5. The molecule has 0 aliphatic carbocycles. The normalized spacial score (nSPS) is 11.6. The van der Waals surface area contributed by atoms with Crippen LogP contribution in [0, 0.1) is 0 Å². The predicted octanol–water partition coefficient (Wildman–Crippen LogP) is -1.04. The molecule has 0 atom stereocenters. The maximum Gasteiger partial charge on any atom is 0.234 e. The number of aromatic nitrogens is 2. The van der Waals surface area contributed by atoms with Gasteiger partial charge in [0.2, 0.25) is 11.2 Å². The van der Waals surface area contributed by atoms with Crippen LogP contribution in [-0.4, -0.2) is 17.7 Å². The van der Waals surface area contributed by atoms with E-state index in [1.165, 1.54) is 7.11 Å². The predicted molar refractivity (Wildman–Crippen MR) is 37.4 cm³/mol. The molecule has 1 rings (SSSR count). The Labute approximate surface area is 67.7 Å². The Morgan fingerprint density at radius 3 is 3.09 bits per heavy atom. The summed E-state index contributed by atoms with van der Waals surface area (Å²) in [6.45, 7) is 0. The third kappa shape index (κ3) is 2.15. The fourth-order valence-electron chi connectivity index (χ4n) is 0.498. The van der Waals surface area contributed by atoms with E-state index in [1.807, 2.05) is 0 Å². The van der Waals surface area contributed by atoms with Gasteiger partial charge in [0.1, 0.15) is 0 Å². The molecule has 0 bridgehead atoms. The molecule has 0 unspecified atom stereocenters. The van der Waals surface area contributed by atoms with Crippen LogP contribution < -0.4 is 9.79 Å². The van der Waals surface area contributed by atoms with Crippen LogP contribution in [0.25, 0.3) is 0 Å². The van der Waals surface area contributed by atoms with Gasteiger partial charge in [-0.2, -0.15) is 0 Å². The Balaban J connectivity index is 2.78. The first-order valence-electron chi connectivity index (χ1n) is 2.84. The van der Waals surface area contributed by atoms with E-state index in [2.05, 4.69) is 14.2 Å². The van der Waals surface area contributed by atoms with E-state index in [-0.39, 0.29) is 0 Å². The highest BCUT2D eigenvalue weighted by Gasteiger charge is 2.01. The van der Waals surface area contributed by atoms with Crippen molar-refractivity contribution in [2.75, 3.05) is 7.11 Å². The molecule has 1 aromatic heterocycles. The van der Waals surface area contributed by atoms with Crippen molar-refractivity contribution < 1.29 is 14.5 Å². The summed E-state index contributed by atoms with van der Waals surface area (Å²) in [6.07, 6.45) is 1.04. The Morgan fingerprint density at radius 2 is 2.64 bits per heavy atom. The quantitative estimate of drug-likeness (QED) is 0.309. The van der Waals surface area contributed by atoms with Gasteiger partial charge in [0.05, 0.1) is 16.0 Å². The third-order valence-corrected chi connectivity index (χ3v) is 1.66. The van der Waals surface area contributed by atoms with Gasteiger partial charge in [-0.15, -0.1) is 0 Å². The maximum absolute atomic E-state index is 10.6. The molecule has 60 valence electrons. The minimum Gasteiger partial charge on any atom is -0.603 e. The van der Waals surface area contributed by atoms with Gasteiger partial charge < -0.3 is 9.84 Å². The lowest BCUT2D eigenvalue weighted by molar-refractivity contribution is -0.722. The van der Waals surface area contributed by atoms with Gasteiger partial charge in [-0.1, -0.05) is 4.68 Å². The second kappa shape index (κ2) is 3.29. The average molecular weight is 173 g/mol. The van der Waals surface area contributed by atoms with E-state index >= 15 is 0 Å². The molecule has 0 radical (unpaired) electrons. The standard InChI is InChI=1S/C5H7N3O2S/c1-8-3-4(11-7-8)6-5(9)10-2/h3H,1-2H3. The number of aliphatic imine (C=N–C) groups is 1. The summed E-state index contributed by atoms with van der Waals surface area (Å²) in [5.74, 6) is 0. The van der Waals surface area contributed by atoms with Crippen LogP contribution in [0.2, 0.25) is 0 Å². The van der Waals surface area contributed by atoms with E-state index in [9.17, 15) is 5.11 Å². The second-order valence-corrected chi connectivity index (χ2v) is 2.56. The van der Waals surface area contributed by atoms with Crippen LogP contribution in [0.5, 0.6) is 0 Å². The number of hydrogen-bond donors (Lipinski definition) is 0. The van der Waals surface area contributed by atoms with Gasteiger partial charge in [0.15, 0.2) is 13.1 Å². The summed E-state index contributed by atoms with van der Waals surface area (Å²) < 4.78 is 9.76. The lowest BCUT2D eigenvalue weighted by atomic mass is 10.8. The van der Waals surface area contributed by atoms with Crippen LogP contribution in [0.1, 0.15) is 0 Å². The van der Waals surface area contributed by atoms with E-state index < -0.39 is 6.08 Å². The molecule has 1 aromatic rings. The third-order valence-electron chi connectivity index (χ3n) is 0.937. The fraction of sp³-hybridized carbons (Fsp3) is 0.400. The number of methoxy groups -OCH3 is 1. The summed E-state index contributed by atoms with van der Waals surface area (Å²) in [5.41, 5.74) is 0. The van der Waals surface area contributed by atoms with E-state index in [0.29, 0.717) is 5.00 Å². The highest BCUT2D eigenvalue weighted by Crippen LogP contribution is 2.11. The molecule has 0 spiro atoms. The highest BCUT2D eigenvalue weighted by molar-refractivity contribution is 7.09. The van der Waals surface area contributed by atoms with Gasteiger partial charge in [0, 0.05) is 0 Å². The minimum absolute atomic E-state index is 0.541. The first-order valence-corrected chi connectivity index (χ1v) is 3.62. The Morgan fingerprint density at radius 1 is 1.91 bits per heavy atom. The molecule has 0 aliphatic heterocycles. The first kappa shape index (κ1) is 7.93. The number of aryl methyl sites for hydroxylation is 1. The fourth-order valence-corrected chi connectivity index (χ4v) is 1.07. The second-order valence-electron chi connectivity index (χ2n) is 1.80. The van der Waals surface area contributed by atoms with E-state index in [4.69, 9.17) is 0 Å². The largest absolute Gasteiger partial charge is 0.603 e. The number of rotatable bonds is 1. The monoisotopic (exact) mass is 173 g/mol. The van der Waals surface area contributed by atoms with Crippen LogP contribution >= 0.6 is 11.5 Å².